The van der Waals surface area contributed by atoms with Gasteiger partial charge in [0.25, 0.3) is 5.95 Å². The molecule has 0 atom stereocenters. The van der Waals surface area contributed by atoms with Crippen molar-refractivity contribution in [2.45, 2.75) is 20.0 Å². The second-order valence-electron chi connectivity index (χ2n) is 5.56. The van der Waals surface area contributed by atoms with Crippen molar-refractivity contribution in [2.24, 2.45) is 0 Å². The maximum Gasteiger partial charge on any atom is 0.433 e. The zero-order valence-corrected chi connectivity index (χ0v) is 15.7. The third-order valence-corrected chi connectivity index (χ3v) is 4.91. The van der Waals surface area contributed by atoms with Crippen molar-refractivity contribution in [3.05, 3.63) is 51.9 Å². The predicted octanol–water partition coefficient (Wildman–Crippen LogP) is 4.74. The average molecular weight is 427 g/mol. The molecule has 2 aromatic heterocycles. The van der Waals surface area contributed by atoms with Crippen LogP contribution in [-0.4, -0.2) is 26.9 Å². The Hall–Kier alpha value is -2.42. The zero-order valence-electron chi connectivity index (χ0n) is 14.1. The normalized spacial score (nSPS) is 11.7. The fourth-order valence-electron chi connectivity index (χ4n) is 2.42. The van der Waals surface area contributed by atoms with Gasteiger partial charge in [0.2, 0.25) is 0 Å². The molecule has 9 heteroatoms. The number of aromatic nitrogens is 4. The second kappa shape index (κ2) is 6.71. The summed E-state index contributed by atoms with van der Waals surface area (Å²) < 4.78 is 47.2. The third-order valence-electron chi connectivity index (χ3n) is 3.76. The van der Waals surface area contributed by atoms with Crippen LogP contribution in [0.1, 0.15) is 17.1 Å². The van der Waals surface area contributed by atoms with Crippen molar-refractivity contribution >= 4 is 15.9 Å². The molecule has 5 nitrogen and oxygen atoms in total. The first-order chi connectivity index (χ1) is 12.2. The van der Waals surface area contributed by atoms with Gasteiger partial charge in [-0.2, -0.15) is 18.3 Å². The van der Waals surface area contributed by atoms with Crippen LogP contribution >= 0.6 is 15.9 Å². The minimum atomic E-state index is -4.61. The van der Waals surface area contributed by atoms with E-state index in [1.54, 1.807) is 38.1 Å². The van der Waals surface area contributed by atoms with E-state index in [2.05, 4.69) is 31.0 Å². The summed E-state index contributed by atoms with van der Waals surface area (Å²) in [6, 6.07) is 7.58. The van der Waals surface area contributed by atoms with Gasteiger partial charge in [0.15, 0.2) is 5.69 Å². The smallest absolute Gasteiger partial charge is 0.433 e. The van der Waals surface area contributed by atoms with Crippen LogP contribution in [0.25, 0.3) is 17.2 Å². The van der Waals surface area contributed by atoms with Crippen molar-refractivity contribution in [3.8, 4) is 23.0 Å². The first kappa shape index (κ1) is 18.4. The van der Waals surface area contributed by atoms with Gasteiger partial charge in [-0.3, -0.25) is 0 Å². The lowest BCUT2D eigenvalue weighted by atomic mass is 10.1. The third kappa shape index (κ3) is 3.44. The van der Waals surface area contributed by atoms with Gasteiger partial charge in [0.1, 0.15) is 5.75 Å². The Labute approximate surface area is 156 Å². The fourth-order valence-corrected chi connectivity index (χ4v) is 2.67. The molecular weight excluding hydrogens is 413 g/mol. The highest BCUT2D eigenvalue weighted by atomic mass is 79.9. The van der Waals surface area contributed by atoms with Crippen molar-refractivity contribution < 1.29 is 17.9 Å². The Balaban J connectivity index is 2.24. The number of alkyl halides is 3. The highest BCUT2D eigenvalue weighted by molar-refractivity contribution is 9.10. The largest absolute Gasteiger partial charge is 0.497 e. The van der Waals surface area contributed by atoms with Gasteiger partial charge in [-0.05, 0) is 48.0 Å². The van der Waals surface area contributed by atoms with E-state index in [4.69, 9.17) is 4.74 Å². The van der Waals surface area contributed by atoms with Crippen molar-refractivity contribution in [3.63, 3.8) is 0 Å². The van der Waals surface area contributed by atoms with Crippen LogP contribution in [0.5, 0.6) is 5.75 Å². The summed E-state index contributed by atoms with van der Waals surface area (Å²) in [4.78, 5) is 7.96. The maximum atomic E-state index is 13.4. The number of benzene rings is 1. The molecular formula is C17H14BrF3N4O. The molecule has 0 saturated carbocycles. The molecule has 1 aromatic carbocycles. The molecule has 26 heavy (non-hydrogen) atoms. The van der Waals surface area contributed by atoms with Crippen LogP contribution in [0.4, 0.5) is 13.2 Å². The molecule has 0 aliphatic rings. The summed E-state index contributed by atoms with van der Waals surface area (Å²) in [5.41, 5.74) is 0.817. The van der Waals surface area contributed by atoms with E-state index in [1.807, 2.05) is 0 Å². The van der Waals surface area contributed by atoms with Crippen LogP contribution in [-0.2, 0) is 6.18 Å². The van der Waals surface area contributed by atoms with E-state index in [9.17, 15) is 13.2 Å². The van der Waals surface area contributed by atoms with Gasteiger partial charge in [-0.15, -0.1) is 0 Å². The molecule has 0 fully saturated rings. The first-order valence-corrected chi connectivity index (χ1v) is 8.33. The van der Waals surface area contributed by atoms with Crippen LogP contribution in [0, 0.1) is 13.8 Å². The average Bonchev–Trinajstić information content (AvgIpc) is 2.88. The van der Waals surface area contributed by atoms with Crippen LogP contribution < -0.4 is 4.74 Å². The zero-order chi connectivity index (χ0) is 19.1. The molecule has 0 bridgehead atoms. The highest BCUT2D eigenvalue weighted by Gasteiger charge is 2.34. The van der Waals surface area contributed by atoms with Gasteiger partial charge in [-0.25, -0.2) is 14.6 Å². The number of rotatable bonds is 3. The number of ether oxygens (including phenoxy) is 1. The molecule has 0 spiro atoms. The maximum absolute atomic E-state index is 13.4. The molecule has 0 aliphatic heterocycles. The minimum Gasteiger partial charge on any atom is -0.497 e. The summed E-state index contributed by atoms with van der Waals surface area (Å²) in [5, 5.41) is 4.22. The highest BCUT2D eigenvalue weighted by Crippen LogP contribution is 2.32. The molecule has 0 aliphatic carbocycles. The molecule has 3 rings (SSSR count). The minimum absolute atomic E-state index is 0.130. The Morgan fingerprint density at radius 1 is 1.12 bits per heavy atom. The summed E-state index contributed by atoms with van der Waals surface area (Å²) in [5.74, 6) is 0.369. The van der Waals surface area contributed by atoms with E-state index in [1.165, 1.54) is 11.8 Å². The number of methoxy groups -OCH3 is 1. The molecule has 0 radical (unpaired) electrons. The van der Waals surface area contributed by atoms with E-state index in [0.717, 1.165) is 6.07 Å². The van der Waals surface area contributed by atoms with Crippen LogP contribution in [0.15, 0.2) is 34.8 Å². The van der Waals surface area contributed by atoms with Crippen molar-refractivity contribution in [1.82, 2.24) is 19.7 Å². The summed E-state index contributed by atoms with van der Waals surface area (Å²) in [7, 11) is 1.49. The summed E-state index contributed by atoms with van der Waals surface area (Å²) >= 11 is 3.36. The molecule has 3 aromatic rings. The number of hydrogen-bond donors (Lipinski definition) is 0. The quantitative estimate of drug-likeness (QED) is 0.606. The predicted molar refractivity (Wildman–Crippen MR) is 93.3 cm³/mol. The van der Waals surface area contributed by atoms with E-state index >= 15 is 0 Å². The Kier molecular flexibility index (Phi) is 4.74. The SMILES string of the molecule is COc1cccc(-c2cc(C(F)(F)F)nc(-n3nc(C)c(Br)c3C)n2)c1. The summed E-state index contributed by atoms with van der Waals surface area (Å²) in [6.45, 7) is 3.46. The Morgan fingerprint density at radius 2 is 1.85 bits per heavy atom. The molecule has 136 valence electrons. The summed E-state index contributed by atoms with van der Waals surface area (Å²) in [6.07, 6.45) is -4.61. The van der Waals surface area contributed by atoms with Gasteiger partial charge < -0.3 is 4.74 Å². The Bertz CT molecular complexity index is 969. The molecule has 2 heterocycles. The fraction of sp³-hybridized carbons (Fsp3) is 0.235. The van der Waals surface area contributed by atoms with E-state index < -0.39 is 11.9 Å². The lowest BCUT2D eigenvalue weighted by Gasteiger charge is -2.12. The van der Waals surface area contributed by atoms with E-state index in [0.29, 0.717) is 27.2 Å². The van der Waals surface area contributed by atoms with Gasteiger partial charge in [0, 0.05) is 5.56 Å². The van der Waals surface area contributed by atoms with Gasteiger partial charge >= 0.3 is 6.18 Å². The number of nitrogens with zero attached hydrogens (tertiary/aromatic N) is 4. The monoisotopic (exact) mass is 426 g/mol. The lowest BCUT2D eigenvalue weighted by molar-refractivity contribution is -0.141. The number of aryl methyl sites for hydroxylation is 1. The Morgan fingerprint density at radius 3 is 2.42 bits per heavy atom. The molecule has 0 saturated heterocycles. The van der Waals surface area contributed by atoms with Crippen LogP contribution in [0.2, 0.25) is 0 Å². The van der Waals surface area contributed by atoms with Crippen molar-refractivity contribution in [1.29, 1.82) is 0 Å². The van der Waals surface area contributed by atoms with Crippen molar-refractivity contribution in [2.75, 3.05) is 7.11 Å². The van der Waals surface area contributed by atoms with E-state index in [-0.39, 0.29) is 11.6 Å². The lowest BCUT2D eigenvalue weighted by Crippen LogP contribution is -2.14. The standard InChI is InChI=1S/C17H14BrF3N4O/c1-9-15(18)10(2)25(24-9)16-22-13(8-14(23-16)17(19,20)21)11-5-4-6-12(7-11)26-3/h4-8H,1-3H3. The van der Waals surface area contributed by atoms with Gasteiger partial charge in [-0.1, -0.05) is 12.1 Å². The van der Waals surface area contributed by atoms with Crippen LogP contribution in [0.3, 0.4) is 0 Å². The molecule has 0 unspecified atom stereocenters. The molecule has 0 amide bonds. The first-order valence-electron chi connectivity index (χ1n) is 7.53. The molecule has 0 N–H and O–H groups in total. The van der Waals surface area contributed by atoms with Gasteiger partial charge in [0.05, 0.1) is 28.7 Å². The second-order valence-corrected chi connectivity index (χ2v) is 6.36. The number of hydrogen-bond acceptors (Lipinski definition) is 4. The topological polar surface area (TPSA) is 52.8 Å². The number of halogens is 4.